The zero-order valence-corrected chi connectivity index (χ0v) is 11.4. The van der Waals surface area contributed by atoms with E-state index in [2.05, 4.69) is 15.0 Å². The van der Waals surface area contributed by atoms with Crippen LogP contribution in [0.4, 0.5) is 0 Å². The molecule has 2 aromatic heterocycles. The molecule has 5 nitrogen and oxygen atoms in total. The van der Waals surface area contributed by atoms with Gasteiger partial charge < -0.3 is 4.90 Å². The van der Waals surface area contributed by atoms with Crippen LogP contribution in [-0.4, -0.2) is 32.3 Å². The van der Waals surface area contributed by atoms with E-state index in [1.807, 2.05) is 29.2 Å². The van der Waals surface area contributed by atoms with Crippen molar-refractivity contribution in [3.63, 3.8) is 0 Å². The van der Waals surface area contributed by atoms with Gasteiger partial charge in [-0.3, -0.25) is 9.78 Å². The number of likely N-dealkylation sites (tertiary alicyclic amines) is 1. The first-order valence-corrected chi connectivity index (χ1v) is 6.77. The van der Waals surface area contributed by atoms with Crippen molar-refractivity contribution in [2.24, 2.45) is 0 Å². The molecule has 2 aromatic rings. The second kappa shape index (κ2) is 5.36. The van der Waals surface area contributed by atoms with Crippen LogP contribution in [0.1, 0.15) is 31.5 Å². The molecule has 0 saturated carbocycles. The van der Waals surface area contributed by atoms with Crippen LogP contribution in [0, 0.1) is 0 Å². The quantitative estimate of drug-likeness (QED) is 0.838. The third-order valence-electron chi connectivity index (χ3n) is 3.57. The average molecular weight is 268 g/mol. The summed E-state index contributed by atoms with van der Waals surface area (Å²) in [6, 6.07) is 7.62. The lowest BCUT2D eigenvalue weighted by molar-refractivity contribution is -0.129. The van der Waals surface area contributed by atoms with Crippen LogP contribution in [0.5, 0.6) is 0 Å². The summed E-state index contributed by atoms with van der Waals surface area (Å²) >= 11 is 0. The maximum absolute atomic E-state index is 11.7. The Kier molecular flexibility index (Phi) is 3.41. The van der Waals surface area contributed by atoms with Crippen molar-refractivity contribution in [2.75, 3.05) is 6.54 Å². The third kappa shape index (κ3) is 2.39. The second-order valence-electron chi connectivity index (χ2n) is 4.89. The van der Waals surface area contributed by atoms with Gasteiger partial charge >= 0.3 is 0 Å². The predicted molar refractivity (Wildman–Crippen MR) is 74.6 cm³/mol. The van der Waals surface area contributed by atoms with Gasteiger partial charge in [-0.05, 0) is 31.0 Å². The Morgan fingerprint density at radius 2 is 2.15 bits per heavy atom. The minimum absolute atomic E-state index is 0.0676. The Balaban J connectivity index is 1.94. The van der Waals surface area contributed by atoms with Crippen molar-refractivity contribution in [2.45, 2.75) is 25.8 Å². The normalized spacial score (nSPS) is 18.2. The summed E-state index contributed by atoms with van der Waals surface area (Å²) in [4.78, 5) is 26.7. The van der Waals surface area contributed by atoms with Gasteiger partial charge in [-0.1, -0.05) is 6.07 Å². The van der Waals surface area contributed by atoms with Crippen molar-refractivity contribution >= 4 is 5.91 Å². The fraction of sp³-hybridized carbons (Fsp3) is 0.333. The van der Waals surface area contributed by atoms with Crippen molar-refractivity contribution in [1.29, 1.82) is 0 Å². The molecular weight excluding hydrogens is 252 g/mol. The maximum Gasteiger partial charge on any atom is 0.220 e. The van der Waals surface area contributed by atoms with Gasteiger partial charge in [0.05, 0.1) is 11.7 Å². The molecule has 1 aliphatic heterocycles. The molecule has 1 saturated heterocycles. The lowest BCUT2D eigenvalue weighted by Crippen LogP contribution is -2.28. The van der Waals surface area contributed by atoms with Crippen LogP contribution >= 0.6 is 0 Å². The standard InChI is InChI=1S/C15H16N4O/c1-11(20)19-10-4-6-14(19)12-7-9-17-15(18-12)13-5-2-3-8-16-13/h2-3,5,7-9,14H,4,6,10H2,1H3/t14-/m0/s1. The number of carbonyl (C=O) groups is 1. The molecule has 1 aliphatic rings. The topological polar surface area (TPSA) is 59.0 Å². The monoisotopic (exact) mass is 268 g/mol. The Hall–Kier alpha value is -2.30. The molecule has 3 heterocycles. The number of amides is 1. The van der Waals surface area contributed by atoms with Crippen LogP contribution in [0.2, 0.25) is 0 Å². The molecule has 20 heavy (non-hydrogen) atoms. The number of carbonyl (C=O) groups excluding carboxylic acids is 1. The van der Waals surface area contributed by atoms with E-state index in [0.29, 0.717) is 5.82 Å². The van der Waals surface area contributed by atoms with Gasteiger partial charge in [0.15, 0.2) is 5.82 Å². The summed E-state index contributed by atoms with van der Waals surface area (Å²) in [5.41, 5.74) is 1.65. The first-order valence-electron chi connectivity index (χ1n) is 6.77. The van der Waals surface area contributed by atoms with Crippen molar-refractivity contribution < 1.29 is 4.79 Å². The lowest BCUT2D eigenvalue weighted by atomic mass is 10.1. The summed E-state index contributed by atoms with van der Waals surface area (Å²) in [5, 5.41) is 0. The van der Waals surface area contributed by atoms with Crippen LogP contribution in [0.15, 0.2) is 36.7 Å². The minimum Gasteiger partial charge on any atom is -0.334 e. The summed E-state index contributed by atoms with van der Waals surface area (Å²) < 4.78 is 0. The van der Waals surface area contributed by atoms with Crippen molar-refractivity contribution in [3.05, 3.63) is 42.4 Å². The first kappa shape index (κ1) is 12.7. The molecule has 0 bridgehead atoms. The molecule has 0 radical (unpaired) electrons. The molecular formula is C15H16N4O. The Morgan fingerprint density at radius 1 is 1.25 bits per heavy atom. The summed E-state index contributed by atoms with van der Waals surface area (Å²) in [7, 11) is 0. The molecule has 0 aliphatic carbocycles. The SMILES string of the molecule is CC(=O)N1CCC[C@H]1c1ccnc(-c2ccccn2)n1. The van der Waals surface area contributed by atoms with E-state index in [1.54, 1.807) is 19.3 Å². The van der Waals surface area contributed by atoms with E-state index < -0.39 is 0 Å². The second-order valence-corrected chi connectivity index (χ2v) is 4.89. The smallest absolute Gasteiger partial charge is 0.220 e. The van der Waals surface area contributed by atoms with E-state index in [1.165, 1.54) is 0 Å². The van der Waals surface area contributed by atoms with Crippen LogP contribution < -0.4 is 0 Å². The van der Waals surface area contributed by atoms with Gasteiger partial charge in [-0.2, -0.15) is 0 Å². The minimum atomic E-state index is 0.0676. The highest BCUT2D eigenvalue weighted by Gasteiger charge is 2.29. The number of nitrogens with zero attached hydrogens (tertiary/aromatic N) is 4. The predicted octanol–water partition coefficient (Wildman–Crippen LogP) is 2.22. The maximum atomic E-state index is 11.7. The van der Waals surface area contributed by atoms with Gasteiger partial charge in [0.25, 0.3) is 0 Å². The zero-order chi connectivity index (χ0) is 13.9. The lowest BCUT2D eigenvalue weighted by Gasteiger charge is -2.22. The van der Waals surface area contributed by atoms with Gasteiger partial charge in [0.2, 0.25) is 5.91 Å². The molecule has 1 fully saturated rings. The highest BCUT2D eigenvalue weighted by atomic mass is 16.2. The number of rotatable bonds is 2. The van der Waals surface area contributed by atoms with E-state index in [-0.39, 0.29) is 11.9 Å². The fourth-order valence-corrected chi connectivity index (χ4v) is 2.63. The van der Waals surface area contributed by atoms with Crippen molar-refractivity contribution in [1.82, 2.24) is 19.9 Å². The van der Waals surface area contributed by atoms with Gasteiger partial charge in [0, 0.05) is 25.9 Å². The molecule has 102 valence electrons. The molecule has 0 spiro atoms. The molecule has 1 amide bonds. The van der Waals surface area contributed by atoms with E-state index in [9.17, 15) is 4.79 Å². The number of hydrogen-bond acceptors (Lipinski definition) is 4. The first-order chi connectivity index (χ1) is 9.75. The molecule has 0 aromatic carbocycles. The van der Waals surface area contributed by atoms with Crippen molar-refractivity contribution in [3.8, 4) is 11.5 Å². The number of pyridine rings is 1. The van der Waals surface area contributed by atoms with Gasteiger partial charge in [-0.15, -0.1) is 0 Å². The Bertz CT molecular complexity index is 614. The van der Waals surface area contributed by atoms with E-state index in [4.69, 9.17) is 0 Å². The van der Waals surface area contributed by atoms with Gasteiger partial charge in [0.1, 0.15) is 5.69 Å². The molecule has 1 atom stereocenters. The largest absolute Gasteiger partial charge is 0.334 e. The highest BCUT2D eigenvalue weighted by Crippen LogP contribution is 2.31. The number of aromatic nitrogens is 3. The highest BCUT2D eigenvalue weighted by molar-refractivity contribution is 5.74. The van der Waals surface area contributed by atoms with Crippen LogP contribution in [-0.2, 0) is 4.79 Å². The van der Waals surface area contributed by atoms with Crippen LogP contribution in [0.25, 0.3) is 11.5 Å². The molecule has 0 N–H and O–H groups in total. The zero-order valence-electron chi connectivity index (χ0n) is 11.4. The molecule has 0 unspecified atom stereocenters. The Morgan fingerprint density at radius 3 is 2.90 bits per heavy atom. The molecule has 3 rings (SSSR count). The van der Waals surface area contributed by atoms with Gasteiger partial charge in [-0.25, -0.2) is 9.97 Å². The molecule has 5 heteroatoms. The van der Waals surface area contributed by atoms with E-state index >= 15 is 0 Å². The summed E-state index contributed by atoms with van der Waals surface area (Å²) in [6.45, 7) is 2.42. The summed E-state index contributed by atoms with van der Waals surface area (Å²) in [5.74, 6) is 0.712. The third-order valence-corrected chi connectivity index (χ3v) is 3.57. The Labute approximate surface area is 117 Å². The summed E-state index contributed by atoms with van der Waals surface area (Å²) in [6.07, 6.45) is 5.44. The average Bonchev–Trinajstić information content (AvgIpc) is 2.98. The fourth-order valence-electron chi connectivity index (χ4n) is 2.63. The number of hydrogen-bond donors (Lipinski definition) is 0. The van der Waals surface area contributed by atoms with Crippen LogP contribution in [0.3, 0.4) is 0 Å². The van der Waals surface area contributed by atoms with E-state index in [0.717, 1.165) is 30.8 Å².